The van der Waals surface area contributed by atoms with Crippen molar-refractivity contribution in [2.24, 2.45) is 0 Å². The number of hydrogen-bond donors (Lipinski definition) is 4. The highest BCUT2D eigenvalue weighted by Crippen LogP contribution is 2.24. The summed E-state index contributed by atoms with van der Waals surface area (Å²) < 4.78 is 5.22. The summed E-state index contributed by atoms with van der Waals surface area (Å²) in [6, 6.07) is 7.48. The molecule has 20 heavy (non-hydrogen) atoms. The molecule has 5 unspecified atom stereocenters. The molecule has 6 nitrogen and oxygen atoms in total. The first kappa shape index (κ1) is 14.9. The van der Waals surface area contributed by atoms with Crippen molar-refractivity contribution in [2.45, 2.75) is 43.9 Å². The number of hydrogen-bond acceptors (Lipinski definition) is 5. The number of ether oxygens (including phenoxy) is 1. The van der Waals surface area contributed by atoms with Crippen molar-refractivity contribution >= 4 is 5.97 Å². The molecular weight excluding hydrogens is 264 g/mol. The lowest BCUT2D eigenvalue weighted by Crippen LogP contribution is -2.60. The van der Waals surface area contributed by atoms with Gasteiger partial charge in [0.05, 0.1) is 6.10 Å². The third-order valence-electron chi connectivity index (χ3n) is 3.51. The van der Waals surface area contributed by atoms with Crippen LogP contribution in [0.1, 0.15) is 11.1 Å². The molecule has 1 saturated heterocycles. The van der Waals surface area contributed by atoms with Gasteiger partial charge in [0.2, 0.25) is 0 Å². The lowest BCUT2D eigenvalue weighted by atomic mass is 9.91. The van der Waals surface area contributed by atoms with E-state index in [9.17, 15) is 20.1 Å². The minimum absolute atomic E-state index is 0.259. The third kappa shape index (κ3) is 2.99. The van der Waals surface area contributed by atoms with Gasteiger partial charge in [-0.05, 0) is 12.5 Å². The van der Waals surface area contributed by atoms with Crippen LogP contribution in [0.3, 0.4) is 0 Å². The van der Waals surface area contributed by atoms with E-state index in [1.54, 1.807) is 0 Å². The Balaban J connectivity index is 2.13. The van der Waals surface area contributed by atoms with Crippen LogP contribution in [-0.2, 0) is 16.0 Å². The van der Waals surface area contributed by atoms with E-state index >= 15 is 0 Å². The molecule has 1 aliphatic rings. The van der Waals surface area contributed by atoms with Crippen molar-refractivity contribution < 1.29 is 30.0 Å². The Morgan fingerprint density at radius 3 is 2.25 bits per heavy atom. The number of carbonyl (C=O) groups is 1. The van der Waals surface area contributed by atoms with Gasteiger partial charge in [-0.3, -0.25) is 0 Å². The first-order chi connectivity index (χ1) is 9.40. The van der Waals surface area contributed by atoms with Gasteiger partial charge in [-0.15, -0.1) is 0 Å². The number of benzene rings is 1. The van der Waals surface area contributed by atoms with E-state index < -0.39 is 36.5 Å². The first-order valence-electron chi connectivity index (χ1n) is 6.38. The van der Waals surface area contributed by atoms with Gasteiger partial charge >= 0.3 is 5.97 Å². The number of carboxylic acid groups (broad SMARTS) is 1. The topological polar surface area (TPSA) is 107 Å². The number of aliphatic carboxylic acids is 1. The Kier molecular flexibility index (Phi) is 4.39. The van der Waals surface area contributed by atoms with Gasteiger partial charge in [0, 0.05) is 6.42 Å². The van der Waals surface area contributed by atoms with Crippen LogP contribution in [0.4, 0.5) is 0 Å². The number of aryl methyl sites for hydroxylation is 1. The van der Waals surface area contributed by atoms with E-state index in [4.69, 9.17) is 9.84 Å². The first-order valence-corrected chi connectivity index (χ1v) is 6.38. The molecule has 0 amide bonds. The summed E-state index contributed by atoms with van der Waals surface area (Å²) >= 11 is 0. The highest BCUT2D eigenvalue weighted by Gasteiger charge is 2.46. The van der Waals surface area contributed by atoms with Crippen LogP contribution >= 0.6 is 0 Å². The summed E-state index contributed by atoms with van der Waals surface area (Å²) in [5.41, 5.74) is 1.94. The van der Waals surface area contributed by atoms with Gasteiger partial charge in [0.15, 0.2) is 6.10 Å². The molecule has 110 valence electrons. The van der Waals surface area contributed by atoms with E-state index in [2.05, 4.69) is 0 Å². The molecule has 1 heterocycles. The summed E-state index contributed by atoms with van der Waals surface area (Å²) in [6.07, 6.45) is -6.67. The Hall–Kier alpha value is -1.47. The fourth-order valence-corrected chi connectivity index (χ4v) is 2.28. The van der Waals surface area contributed by atoms with E-state index in [1.165, 1.54) is 0 Å². The van der Waals surface area contributed by atoms with Crippen molar-refractivity contribution in [3.8, 4) is 0 Å². The Bertz CT molecular complexity index is 471. The van der Waals surface area contributed by atoms with Crippen molar-refractivity contribution in [1.29, 1.82) is 0 Å². The van der Waals surface area contributed by atoms with Gasteiger partial charge in [0.25, 0.3) is 0 Å². The van der Waals surface area contributed by atoms with E-state index in [1.807, 2.05) is 31.2 Å². The van der Waals surface area contributed by atoms with E-state index in [0.717, 1.165) is 11.1 Å². The predicted octanol–water partition coefficient (Wildman–Crippen LogP) is -0.528. The standard InChI is InChI=1S/C14H18O6/c1-7-2-4-8(5-3-7)6-9-10(15)11(16)12(17)13(20-9)14(18)19/h2-5,9-13,15-17H,6H2,1H3,(H,18,19). The molecule has 1 aromatic carbocycles. The zero-order valence-corrected chi connectivity index (χ0v) is 11.0. The molecule has 1 aromatic rings. The maximum Gasteiger partial charge on any atom is 0.335 e. The molecule has 5 atom stereocenters. The Morgan fingerprint density at radius 2 is 1.70 bits per heavy atom. The molecule has 0 aliphatic carbocycles. The van der Waals surface area contributed by atoms with E-state index in [-0.39, 0.29) is 6.42 Å². The van der Waals surface area contributed by atoms with Crippen molar-refractivity contribution in [1.82, 2.24) is 0 Å². The molecule has 6 heteroatoms. The highest BCUT2D eigenvalue weighted by atomic mass is 16.6. The van der Waals surface area contributed by atoms with E-state index in [0.29, 0.717) is 0 Å². The number of aliphatic hydroxyl groups excluding tert-OH is 3. The maximum atomic E-state index is 11.0. The highest BCUT2D eigenvalue weighted by molar-refractivity contribution is 5.73. The number of carboxylic acids is 1. The molecule has 1 aliphatic heterocycles. The minimum atomic E-state index is -1.64. The number of rotatable bonds is 3. The monoisotopic (exact) mass is 282 g/mol. The summed E-state index contributed by atoms with van der Waals surface area (Å²) in [5.74, 6) is -1.36. The van der Waals surface area contributed by atoms with Gasteiger partial charge in [-0.25, -0.2) is 4.79 Å². The summed E-state index contributed by atoms with van der Waals surface area (Å²) in [4.78, 5) is 11.0. The summed E-state index contributed by atoms with van der Waals surface area (Å²) in [5, 5.41) is 38.1. The lowest BCUT2D eigenvalue weighted by Gasteiger charge is -2.39. The van der Waals surface area contributed by atoms with Crippen LogP contribution in [0.15, 0.2) is 24.3 Å². The van der Waals surface area contributed by atoms with Gasteiger partial charge in [-0.2, -0.15) is 0 Å². The Morgan fingerprint density at radius 1 is 1.10 bits per heavy atom. The SMILES string of the molecule is Cc1ccc(CC2OC(C(=O)O)C(O)C(O)C2O)cc1. The second kappa shape index (κ2) is 5.88. The molecule has 2 rings (SSSR count). The fourth-order valence-electron chi connectivity index (χ4n) is 2.28. The molecule has 0 bridgehead atoms. The smallest absolute Gasteiger partial charge is 0.335 e. The molecular formula is C14H18O6. The Labute approximate surface area is 116 Å². The summed E-state index contributed by atoms with van der Waals surface area (Å²) in [6.45, 7) is 1.94. The van der Waals surface area contributed by atoms with Crippen molar-refractivity contribution in [2.75, 3.05) is 0 Å². The third-order valence-corrected chi connectivity index (χ3v) is 3.51. The average molecular weight is 282 g/mol. The average Bonchev–Trinajstić information content (AvgIpc) is 2.41. The zero-order chi connectivity index (χ0) is 14.9. The second-order valence-corrected chi connectivity index (χ2v) is 5.09. The normalized spacial score (nSPS) is 33.9. The maximum absolute atomic E-state index is 11.0. The quantitative estimate of drug-likeness (QED) is 0.594. The summed E-state index contributed by atoms with van der Waals surface area (Å²) in [7, 11) is 0. The fraction of sp³-hybridized carbons (Fsp3) is 0.500. The van der Waals surface area contributed by atoms with Crippen LogP contribution in [-0.4, -0.2) is 56.9 Å². The van der Waals surface area contributed by atoms with Crippen molar-refractivity contribution in [3.05, 3.63) is 35.4 Å². The van der Waals surface area contributed by atoms with Crippen LogP contribution in [0.5, 0.6) is 0 Å². The lowest BCUT2D eigenvalue weighted by molar-refractivity contribution is -0.227. The molecule has 0 aromatic heterocycles. The number of aliphatic hydroxyl groups is 3. The largest absolute Gasteiger partial charge is 0.479 e. The van der Waals surface area contributed by atoms with Crippen LogP contribution in [0.25, 0.3) is 0 Å². The van der Waals surface area contributed by atoms with Crippen LogP contribution in [0.2, 0.25) is 0 Å². The molecule has 4 N–H and O–H groups in total. The van der Waals surface area contributed by atoms with Gasteiger partial charge < -0.3 is 25.2 Å². The van der Waals surface area contributed by atoms with Gasteiger partial charge in [-0.1, -0.05) is 29.8 Å². The van der Waals surface area contributed by atoms with Gasteiger partial charge in [0.1, 0.15) is 18.3 Å². The van der Waals surface area contributed by atoms with Crippen LogP contribution < -0.4 is 0 Å². The molecule has 1 fully saturated rings. The molecule has 0 saturated carbocycles. The zero-order valence-electron chi connectivity index (χ0n) is 11.0. The second-order valence-electron chi connectivity index (χ2n) is 5.09. The minimum Gasteiger partial charge on any atom is -0.479 e. The molecule has 0 spiro atoms. The van der Waals surface area contributed by atoms with Crippen molar-refractivity contribution in [3.63, 3.8) is 0 Å². The van der Waals surface area contributed by atoms with Crippen LogP contribution in [0, 0.1) is 6.92 Å². The predicted molar refractivity (Wildman–Crippen MR) is 69.2 cm³/mol. The molecule has 0 radical (unpaired) electrons.